The molecule has 11 heteroatoms. The number of rotatable bonds is 5. The molecule has 1 aromatic heterocycles. The highest BCUT2D eigenvalue weighted by molar-refractivity contribution is 5.95. The van der Waals surface area contributed by atoms with E-state index in [2.05, 4.69) is 20.8 Å². The molecule has 1 N–H and O–H groups in total. The summed E-state index contributed by atoms with van der Waals surface area (Å²) < 4.78 is 40.0. The van der Waals surface area contributed by atoms with Crippen LogP contribution >= 0.6 is 0 Å². The Kier molecular flexibility index (Phi) is 6.00. The second-order valence-electron chi connectivity index (χ2n) is 8.89. The monoisotopic (exact) mass is 484 g/mol. The molecule has 0 unspecified atom stereocenters. The summed E-state index contributed by atoms with van der Waals surface area (Å²) in [5.74, 6) is -0.00661. The summed E-state index contributed by atoms with van der Waals surface area (Å²) >= 11 is 0. The Morgan fingerprint density at radius 2 is 1.57 bits per heavy atom. The van der Waals surface area contributed by atoms with Gasteiger partial charge >= 0.3 is 6.18 Å². The van der Waals surface area contributed by atoms with Gasteiger partial charge in [0, 0.05) is 35.8 Å². The molecule has 2 heterocycles. The van der Waals surface area contributed by atoms with E-state index in [0.717, 1.165) is 30.5 Å². The predicted octanol–water partition coefficient (Wildman–Crippen LogP) is 4.18. The van der Waals surface area contributed by atoms with Gasteiger partial charge in [0.2, 0.25) is 5.91 Å². The van der Waals surface area contributed by atoms with E-state index in [0.29, 0.717) is 43.5 Å². The molecule has 0 radical (unpaired) electrons. The average Bonchev–Trinajstić information content (AvgIpc) is 3.60. The van der Waals surface area contributed by atoms with Gasteiger partial charge in [0.25, 0.3) is 5.91 Å². The van der Waals surface area contributed by atoms with Crippen LogP contribution in [0.4, 0.5) is 18.9 Å². The van der Waals surface area contributed by atoms with Crippen molar-refractivity contribution in [1.29, 1.82) is 0 Å². The summed E-state index contributed by atoms with van der Waals surface area (Å²) in [5.41, 5.74) is 0.940. The third kappa shape index (κ3) is 5.03. The molecule has 0 spiro atoms. The molecular weight excluding hydrogens is 461 g/mol. The summed E-state index contributed by atoms with van der Waals surface area (Å²) in [4.78, 5) is 27.0. The van der Waals surface area contributed by atoms with Crippen molar-refractivity contribution in [3.8, 4) is 11.4 Å². The van der Waals surface area contributed by atoms with Crippen LogP contribution in [0.1, 0.15) is 47.6 Å². The largest absolute Gasteiger partial charge is 0.416 e. The first kappa shape index (κ1) is 23.0. The first-order valence-corrected chi connectivity index (χ1v) is 11.5. The normalized spacial score (nSPS) is 16.8. The molecule has 1 saturated heterocycles. The maximum Gasteiger partial charge on any atom is 0.416 e. The van der Waals surface area contributed by atoms with Crippen molar-refractivity contribution in [1.82, 2.24) is 25.1 Å². The number of likely N-dealkylation sites (tertiary alicyclic amines) is 1. The van der Waals surface area contributed by atoms with Crippen molar-refractivity contribution in [2.24, 2.45) is 5.92 Å². The fraction of sp³-hybridized carbons (Fsp3) is 0.375. The minimum Gasteiger partial charge on any atom is -0.339 e. The number of nitrogens with one attached hydrogen (secondary N) is 1. The molecule has 1 saturated carbocycles. The first-order chi connectivity index (χ1) is 16.8. The number of carbonyl (C=O) groups is 2. The van der Waals surface area contributed by atoms with Gasteiger partial charge in [-0.15, -0.1) is 5.10 Å². The Hall–Kier alpha value is -3.76. The van der Waals surface area contributed by atoms with Gasteiger partial charge in [-0.2, -0.15) is 13.2 Å². The molecule has 0 bridgehead atoms. The highest BCUT2D eigenvalue weighted by atomic mass is 19.4. The Bertz CT molecular complexity index is 1210. The van der Waals surface area contributed by atoms with Crippen molar-refractivity contribution in [2.45, 2.75) is 37.9 Å². The van der Waals surface area contributed by atoms with Gasteiger partial charge in [0.15, 0.2) is 5.82 Å². The Balaban J connectivity index is 1.14. The van der Waals surface area contributed by atoms with Crippen LogP contribution in [0.3, 0.4) is 0 Å². The lowest BCUT2D eigenvalue weighted by molar-refractivity contribution is -0.137. The van der Waals surface area contributed by atoms with Crippen LogP contribution in [0.15, 0.2) is 48.5 Å². The lowest BCUT2D eigenvalue weighted by atomic mass is 9.95. The van der Waals surface area contributed by atoms with Crippen molar-refractivity contribution in [3.05, 3.63) is 59.7 Å². The topological polar surface area (TPSA) is 93.0 Å². The number of carbonyl (C=O) groups excluding carboxylic acids is 2. The van der Waals surface area contributed by atoms with Crippen LogP contribution in [0.5, 0.6) is 0 Å². The number of anilines is 1. The molecule has 1 aliphatic carbocycles. The maximum atomic E-state index is 12.8. The van der Waals surface area contributed by atoms with Gasteiger partial charge in [-0.05, 0) is 84.6 Å². The predicted molar refractivity (Wildman–Crippen MR) is 120 cm³/mol. The van der Waals surface area contributed by atoms with E-state index in [1.165, 1.54) is 12.1 Å². The van der Waals surface area contributed by atoms with Gasteiger partial charge < -0.3 is 10.2 Å². The van der Waals surface area contributed by atoms with Gasteiger partial charge in [-0.25, -0.2) is 4.68 Å². The van der Waals surface area contributed by atoms with Crippen LogP contribution in [0, 0.1) is 5.92 Å². The summed E-state index contributed by atoms with van der Waals surface area (Å²) in [6, 6.07) is 11.9. The number of aromatic nitrogens is 4. The van der Waals surface area contributed by atoms with E-state index in [-0.39, 0.29) is 23.3 Å². The lowest BCUT2D eigenvalue weighted by Crippen LogP contribution is -2.41. The Morgan fingerprint density at radius 3 is 2.17 bits per heavy atom. The summed E-state index contributed by atoms with van der Waals surface area (Å²) in [6.45, 7) is 0.724. The molecule has 2 aromatic carbocycles. The van der Waals surface area contributed by atoms with Crippen molar-refractivity contribution in [3.63, 3.8) is 0 Å². The molecule has 1 aliphatic heterocycles. The summed E-state index contributed by atoms with van der Waals surface area (Å²) in [7, 11) is 0. The van der Waals surface area contributed by atoms with E-state index >= 15 is 0 Å². The van der Waals surface area contributed by atoms with E-state index in [9.17, 15) is 22.8 Å². The third-order valence-corrected chi connectivity index (χ3v) is 6.41. The Labute approximate surface area is 199 Å². The number of hydrogen-bond acceptors (Lipinski definition) is 5. The lowest BCUT2D eigenvalue weighted by Gasteiger charge is -2.31. The number of benzene rings is 2. The van der Waals surface area contributed by atoms with Crippen molar-refractivity contribution in [2.75, 3.05) is 18.4 Å². The number of amides is 2. The molecule has 3 aromatic rings. The summed E-state index contributed by atoms with van der Waals surface area (Å²) in [6.07, 6.45) is -1.35. The molecule has 2 fully saturated rings. The van der Waals surface area contributed by atoms with Crippen LogP contribution in [0.25, 0.3) is 11.4 Å². The molecule has 8 nitrogen and oxygen atoms in total. The number of nitrogens with zero attached hydrogens (tertiary/aromatic N) is 5. The maximum absolute atomic E-state index is 12.8. The van der Waals surface area contributed by atoms with E-state index in [4.69, 9.17) is 0 Å². The zero-order chi connectivity index (χ0) is 24.6. The van der Waals surface area contributed by atoms with Crippen LogP contribution < -0.4 is 5.32 Å². The molecule has 182 valence electrons. The van der Waals surface area contributed by atoms with Crippen LogP contribution in [0.2, 0.25) is 0 Å². The molecule has 2 aliphatic rings. The van der Waals surface area contributed by atoms with E-state index in [1.54, 1.807) is 4.90 Å². The highest BCUT2D eigenvalue weighted by Gasteiger charge is 2.32. The number of tetrazole rings is 1. The zero-order valence-electron chi connectivity index (χ0n) is 18.7. The van der Waals surface area contributed by atoms with Crippen molar-refractivity contribution >= 4 is 17.5 Å². The SMILES string of the molecule is O=C(Nc1ccc(-c2nnnn2C2CC2)cc1)C1CCN(C(=O)c2ccc(C(F)(F)F)cc2)CC1. The van der Waals surface area contributed by atoms with E-state index < -0.39 is 11.7 Å². The fourth-order valence-corrected chi connectivity index (χ4v) is 4.22. The number of alkyl halides is 3. The van der Waals surface area contributed by atoms with Gasteiger partial charge in [0.1, 0.15) is 0 Å². The standard InChI is InChI=1S/C24H23F3N6O2/c25-24(26,27)18-5-1-17(2-6-18)23(35)32-13-11-16(12-14-32)22(34)28-19-7-3-15(4-8-19)21-29-30-31-33(21)20-9-10-20/h1-8,16,20H,9-14H2,(H,28,34). The van der Waals surface area contributed by atoms with E-state index in [1.807, 2.05) is 28.9 Å². The number of halogens is 3. The molecule has 0 atom stereocenters. The molecule has 35 heavy (non-hydrogen) atoms. The van der Waals surface area contributed by atoms with Crippen molar-refractivity contribution < 1.29 is 22.8 Å². The number of piperidine rings is 1. The first-order valence-electron chi connectivity index (χ1n) is 11.5. The second-order valence-corrected chi connectivity index (χ2v) is 8.89. The molecule has 5 rings (SSSR count). The fourth-order valence-electron chi connectivity index (χ4n) is 4.22. The average molecular weight is 484 g/mol. The van der Waals surface area contributed by atoms with Crippen LogP contribution in [-0.2, 0) is 11.0 Å². The van der Waals surface area contributed by atoms with Gasteiger partial charge in [-0.3, -0.25) is 9.59 Å². The zero-order valence-corrected chi connectivity index (χ0v) is 18.7. The van der Waals surface area contributed by atoms with Gasteiger partial charge in [0.05, 0.1) is 11.6 Å². The van der Waals surface area contributed by atoms with Crippen LogP contribution in [-0.4, -0.2) is 50.0 Å². The molecule has 2 amide bonds. The highest BCUT2D eigenvalue weighted by Crippen LogP contribution is 2.36. The second kappa shape index (κ2) is 9.12. The third-order valence-electron chi connectivity index (χ3n) is 6.41. The smallest absolute Gasteiger partial charge is 0.339 e. The minimum absolute atomic E-state index is 0.123. The Morgan fingerprint density at radius 1 is 0.914 bits per heavy atom. The minimum atomic E-state index is -4.44. The quantitative estimate of drug-likeness (QED) is 0.587. The molecular formula is C24H23F3N6O2. The number of hydrogen-bond donors (Lipinski definition) is 1. The van der Waals surface area contributed by atoms with Gasteiger partial charge in [-0.1, -0.05) is 0 Å². The summed E-state index contributed by atoms with van der Waals surface area (Å²) in [5, 5.41) is 14.8.